The van der Waals surface area contributed by atoms with Gasteiger partial charge in [-0.1, -0.05) is 15.9 Å². The van der Waals surface area contributed by atoms with Crippen molar-refractivity contribution in [3.63, 3.8) is 0 Å². The van der Waals surface area contributed by atoms with Gasteiger partial charge in [-0.3, -0.25) is 9.59 Å². The van der Waals surface area contributed by atoms with E-state index in [-0.39, 0.29) is 0 Å². The van der Waals surface area contributed by atoms with Crippen LogP contribution in [0.1, 0.15) is 0 Å². The highest BCUT2D eigenvalue weighted by molar-refractivity contribution is 9.11. The maximum atomic E-state index is 11.9. The summed E-state index contributed by atoms with van der Waals surface area (Å²) >= 11 is 6.45. The molecule has 0 fully saturated rings. The van der Waals surface area contributed by atoms with Gasteiger partial charge in [0.1, 0.15) is 13.1 Å². The van der Waals surface area contributed by atoms with Crippen LogP contribution in [0.25, 0.3) is 0 Å². The van der Waals surface area contributed by atoms with Crippen LogP contribution < -0.4 is 5.32 Å². The number of hydrogen-bond acceptors (Lipinski definition) is 3. The number of carbonyl (C=O) groups excluding carboxylic acids is 1. The average Bonchev–Trinajstić information content (AvgIpc) is 2.31. The molecule has 0 spiro atoms. The Morgan fingerprint density at radius 1 is 1.10 bits per heavy atom. The number of carbonyl (C=O) groups is 3. The van der Waals surface area contributed by atoms with Crippen LogP contribution in [0.4, 0.5) is 10.5 Å². The molecule has 0 unspecified atom stereocenters. The molecule has 2 amide bonds. The number of rotatable bonds is 5. The Bertz CT molecular complexity index is 534. The van der Waals surface area contributed by atoms with Crippen LogP contribution in [-0.2, 0) is 9.59 Å². The molecule has 0 aliphatic heterocycles. The number of urea groups is 1. The number of hydrogen-bond donors (Lipinski definition) is 3. The van der Waals surface area contributed by atoms with Crippen molar-refractivity contribution in [3.8, 4) is 0 Å². The summed E-state index contributed by atoms with van der Waals surface area (Å²) in [6.45, 7) is -1.41. The van der Waals surface area contributed by atoms with Gasteiger partial charge in [0.25, 0.3) is 0 Å². The molecule has 0 aromatic heterocycles. The summed E-state index contributed by atoms with van der Waals surface area (Å²) < 4.78 is 1.29. The first-order valence-corrected chi connectivity index (χ1v) is 6.82. The Balaban J connectivity index is 2.86. The van der Waals surface area contributed by atoms with Crippen LogP contribution in [0, 0.1) is 0 Å². The van der Waals surface area contributed by atoms with E-state index >= 15 is 0 Å². The van der Waals surface area contributed by atoms with E-state index in [4.69, 9.17) is 10.2 Å². The smallest absolute Gasteiger partial charge is 0.323 e. The molecule has 9 heteroatoms. The molecule has 0 aliphatic carbocycles. The highest BCUT2D eigenvalue weighted by Gasteiger charge is 2.20. The summed E-state index contributed by atoms with van der Waals surface area (Å²) in [5, 5.41) is 19.8. The van der Waals surface area contributed by atoms with Gasteiger partial charge in [-0.2, -0.15) is 0 Å². The summed E-state index contributed by atoms with van der Waals surface area (Å²) in [7, 11) is 0. The van der Waals surface area contributed by atoms with E-state index in [1.54, 1.807) is 18.2 Å². The second-order valence-electron chi connectivity index (χ2n) is 3.70. The molecule has 0 heterocycles. The highest BCUT2D eigenvalue weighted by Crippen LogP contribution is 2.26. The zero-order valence-corrected chi connectivity index (χ0v) is 13.1. The number of amides is 2. The third-order valence-corrected chi connectivity index (χ3v) is 3.29. The third-order valence-electron chi connectivity index (χ3n) is 2.11. The number of carboxylic acids is 2. The molecule has 1 rings (SSSR count). The normalized spacial score (nSPS) is 9.90. The van der Waals surface area contributed by atoms with Crippen LogP contribution in [0.5, 0.6) is 0 Å². The zero-order chi connectivity index (χ0) is 15.3. The van der Waals surface area contributed by atoms with Gasteiger partial charge in [0.15, 0.2) is 0 Å². The van der Waals surface area contributed by atoms with Gasteiger partial charge in [0, 0.05) is 8.95 Å². The zero-order valence-electron chi connectivity index (χ0n) is 9.97. The van der Waals surface area contributed by atoms with Crippen molar-refractivity contribution < 1.29 is 24.6 Å². The fourth-order valence-corrected chi connectivity index (χ4v) is 2.02. The van der Waals surface area contributed by atoms with E-state index in [0.29, 0.717) is 19.5 Å². The van der Waals surface area contributed by atoms with E-state index in [1.807, 2.05) is 0 Å². The fourth-order valence-electron chi connectivity index (χ4n) is 1.31. The summed E-state index contributed by atoms with van der Waals surface area (Å²) in [6.07, 6.45) is 0. The van der Waals surface area contributed by atoms with Gasteiger partial charge >= 0.3 is 18.0 Å². The molecule has 0 aliphatic rings. The molecule has 3 N–H and O–H groups in total. The van der Waals surface area contributed by atoms with Crippen LogP contribution in [0.15, 0.2) is 27.1 Å². The first-order chi connectivity index (χ1) is 9.29. The standard InChI is InChI=1S/C11H10Br2N2O5/c12-6-1-2-7(13)8(3-6)14-11(20)15(4-9(16)17)5-10(18)19/h1-3H,4-5H2,(H,14,20)(H,16,17)(H,18,19). The fraction of sp³-hybridized carbons (Fsp3) is 0.182. The second-order valence-corrected chi connectivity index (χ2v) is 5.47. The molecule has 108 valence electrons. The van der Waals surface area contributed by atoms with Crippen molar-refractivity contribution in [2.45, 2.75) is 0 Å². The average molecular weight is 410 g/mol. The quantitative estimate of drug-likeness (QED) is 0.691. The molecule has 0 saturated carbocycles. The van der Waals surface area contributed by atoms with E-state index < -0.39 is 31.1 Å². The van der Waals surface area contributed by atoms with Crippen molar-refractivity contribution in [2.24, 2.45) is 0 Å². The Labute approximate surface area is 130 Å². The lowest BCUT2D eigenvalue weighted by molar-refractivity contribution is -0.140. The number of nitrogens with one attached hydrogen (secondary N) is 1. The van der Waals surface area contributed by atoms with Gasteiger partial charge in [-0.25, -0.2) is 4.79 Å². The molecule has 7 nitrogen and oxygen atoms in total. The first kappa shape index (κ1) is 16.4. The lowest BCUT2D eigenvalue weighted by Crippen LogP contribution is -2.42. The topological polar surface area (TPSA) is 107 Å². The Kier molecular flexibility index (Phi) is 5.96. The lowest BCUT2D eigenvalue weighted by atomic mass is 10.3. The molecular weight excluding hydrogens is 400 g/mol. The van der Waals surface area contributed by atoms with Crippen molar-refractivity contribution in [1.29, 1.82) is 0 Å². The number of aliphatic carboxylic acids is 2. The van der Waals surface area contributed by atoms with Crippen molar-refractivity contribution in [2.75, 3.05) is 18.4 Å². The van der Waals surface area contributed by atoms with Crippen molar-refractivity contribution in [1.82, 2.24) is 4.90 Å². The highest BCUT2D eigenvalue weighted by atomic mass is 79.9. The predicted octanol–water partition coefficient (Wildman–Crippen LogP) is 2.21. The first-order valence-electron chi connectivity index (χ1n) is 5.24. The van der Waals surface area contributed by atoms with Crippen molar-refractivity contribution >= 4 is 55.5 Å². The third kappa shape index (κ3) is 5.17. The molecule has 0 bridgehead atoms. The SMILES string of the molecule is O=C(O)CN(CC(=O)O)C(=O)Nc1cc(Br)ccc1Br. The minimum absolute atomic E-state index is 0.394. The van der Waals surface area contributed by atoms with Crippen LogP contribution in [-0.4, -0.2) is 46.2 Å². The van der Waals surface area contributed by atoms with Gasteiger partial charge in [0.05, 0.1) is 5.69 Å². The summed E-state index contributed by atoms with van der Waals surface area (Å²) in [6, 6.07) is 4.21. The largest absolute Gasteiger partial charge is 0.480 e. The molecule has 0 radical (unpaired) electrons. The summed E-state index contributed by atoms with van der Waals surface area (Å²) in [5.41, 5.74) is 0.394. The van der Waals surface area contributed by atoms with Crippen LogP contribution in [0.3, 0.4) is 0 Å². The number of halogens is 2. The van der Waals surface area contributed by atoms with E-state index in [9.17, 15) is 14.4 Å². The monoisotopic (exact) mass is 408 g/mol. The number of carboxylic acid groups (broad SMARTS) is 2. The predicted molar refractivity (Wildman–Crippen MR) is 77.7 cm³/mol. The molecular formula is C11H10Br2N2O5. The Morgan fingerprint density at radius 2 is 1.65 bits per heavy atom. The molecule has 1 aromatic rings. The maximum absolute atomic E-state index is 11.9. The molecule has 0 saturated heterocycles. The number of anilines is 1. The van der Waals surface area contributed by atoms with Gasteiger partial charge in [-0.15, -0.1) is 0 Å². The second kappa shape index (κ2) is 7.25. The minimum atomic E-state index is -1.30. The molecule has 1 aromatic carbocycles. The number of benzene rings is 1. The summed E-state index contributed by atoms with van der Waals surface area (Å²) in [5.74, 6) is -2.59. The van der Waals surface area contributed by atoms with Crippen molar-refractivity contribution in [3.05, 3.63) is 27.1 Å². The molecule has 20 heavy (non-hydrogen) atoms. The lowest BCUT2D eigenvalue weighted by Gasteiger charge is -2.19. The van der Waals surface area contributed by atoms with Gasteiger partial charge < -0.3 is 20.4 Å². The van der Waals surface area contributed by atoms with Crippen LogP contribution >= 0.6 is 31.9 Å². The minimum Gasteiger partial charge on any atom is -0.480 e. The summed E-state index contributed by atoms with van der Waals surface area (Å²) in [4.78, 5) is 33.9. The van der Waals surface area contributed by atoms with E-state index in [1.165, 1.54) is 0 Å². The van der Waals surface area contributed by atoms with Gasteiger partial charge in [0.2, 0.25) is 0 Å². The van der Waals surface area contributed by atoms with E-state index in [2.05, 4.69) is 37.2 Å². The number of nitrogens with zero attached hydrogens (tertiary/aromatic N) is 1. The van der Waals surface area contributed by atoms with Gasteiger partial charge in [-0.05, 0) is 34.1 Å². The Morgan fingerprint density at radius 3 is 2.15 bits per heavy atom. The van der Waals surface area contributed by atoms with Crippen LogP contribution in [0.2, 0.25) is 0 Å². The molecule has 0 atom stereocenters. The van der Waals surface area contributed by atoms with E-state index in [0.717, 1.165) is 0 Å². The maximum Gasteiger partial charge on any atom is 0.323 e. The Hall–Kier alpha value is -1.61.